The molecule has 0 atom stereocenters. The predicted molar refractivity (Wildman–Crippen MR) is 57.6 cm³/mol. The molecular formula is C11H4F20O. The van der Waals surface area contributed by atoms with E-state index in [4.69, 9.17) is 5.11 Å². The van der Waals surface area contributed by atoms with E-state index in [9.17, 15) is 87.8 Å². The van der Waals surface area contributed by atoms with Crippen molar-refractivity contribution in [2.24, 2.45) is 0 Å². The SMILES string of the molecule is OCC(F)(F)C(F)(F)C(F)(F)C(F)(F)C(F)(F)C(F)(F)C(F)(F)C(F)(F)C(F)(F)C(F)F. The Hall–Kier alpha value is -1.44. The molecule has 32 heavy (non-hydrogen) atoms. The number of aliphatic hydroxyl groups is 1. The molecular weight excluding hydrogens is 528 g/mol. The molecule has 0 spiro atoms. The largest absolute Gasteiger partial charge is 0.390 e. The maximum absolute atomic E-state index is 13.2. The van der Waals surface area contributed by atoms with Crippen molar-refractivity contribution in [3.05, 3.63) is 0 Å². The Bertz CT molecular complexity index is 677. The molecule has 194 valence electrons. The van der Waals surface area contributed by atoms with Gasteiger partial charge < -0.3 is 5.11 Å². The normalized spacial score (nSPS) is 16.7. The molecule has 0 aromatic carbocycles. The van der Waals surface area contributed by atoms with Crippen LogP contribution in [0, 0.1) is 0 Å². The molecule has 21 heteroatoms. The van der Waals surface area contributed by atoms with E-state index in [1.807, 2.05) is 0 Å². The third-order valence-corrected chi connectivity index (χ3v) is 3.72. The maximum atomic E-state index is 13.2. The Morgan fingerprint density at radius 2 is 0.625 bits per heavy atom. The topological polar surface area (TPSA) is 20.2 Å². The predicted octanol–water partition coefficient (Wildman–Crippen LogP) is 5.96. The molecule has 1 N–H and O–H groups in total. The molecule has 0 heterocycles. The monoisotopic (exact) mass is 532 g/mol. The molecule has 0 aliphatic rings. The van der Waals surface area contributed by atoms with Crippen LogP contribution >= 0.6 is 0 Å². The van der Waals surface area contributed by atoms with Crippen molar-refractivity contribution in [2.45, 2.75) is 59.7 Å². The third-order valence-electron chi connectivity index (χ3n) is 3.72. The van der Waals surface area contributed by atoms with Gasteiger partial charge >= 0.3 is 59.7 Å². The summed E-state index contributed by atoms with van der Waals surface area (Å²) in [6.07, 6.45) is -6.10. The number of rotatable bonds is 10. The van der Waals surface area contributed by atoms with Gasteiger partial charge in [-0.15, -0.1) is 0 Å². The van der Waals surface area contributed by atoms with Crippen LogP contribution in [0.3, 0.4) is 0 Å². The van der Waals surface area contributed by atoms with Crippen LogP contribution in [0.25, 0.3) is 0 Å². The molecule has 0 bridgehead atoms. The van der Waals surface area contributed by atoms with Gasteiger partial charge in [0.15, 0.2) is 0 Å². The van der Waals surface area contributed by atoms with E-state index in [1.54, 1.807) is 0 Å². The van der Waals surface area contributed by atoms with Crippen LogP contribution in [-0.2, 0) is 0 Å². The quantitative estimate of drug-likeness (QED) is 0.345. The van der Waals surface area contributed by atoms with Gasteiger partial charge in [0, 0.05) is 0 Å². The Balaban J connectivity index is 6.95. The average molecular weight is 532 g/mol. The second-order valence-corrected chi connectivity index (χ2v) is 5.81. The zero-order chi connectivity index (χ0) is 26.8. The Morgan fingerprint density at radius 1 is 0.406 bits per heavy atom. The standard InChI is InChI=1S/C11H4F20O/c12-2(13)4(16,17)6(20,21)8(24,25)10(28,29)11(30,31)9(26,27)7(22,23)5(18,19)3(14,15)1-32/h2,32H,1H2. The fourth-order valence-electron chi connectivity index (χ4n) is 1.66. The Labute approximate surface area is 160 Å². The van der Waals surface area contributed by atoms with E-state index in [0.29, 0.717) is 0 Å². The second kappa shape index (κ2) is 7.54. The lowest BCUT2D eigenvalue weighted by molar-refractivity contribution is -0.465. The number of hydrogen-bond acceptors (Lipinski definition) is 1. The van der Waals surface area contributed by atoms with Crippen LogP contribution in [0.2, 0.25) is 0 Å². The number of hydrogen-bond donors (Lipinski definition) is 1. The summed E-state index contributed by atoms with van der Waals surface area (Å²) in [6.45, 7) is -3.58. The molecule has 0 fully saturated rings. The van der Waals surface area contributed by atoms with Crippen LogP contribution in [-0.4, -0.2) is 71.4 Å². The molecule has 0 amide bonds. The van der Waals surface area contributed by atoms with E-state index in [2.05, 4.69) is 0 Å². The van der Waals surface area contributed by atoms with Gasteiger partial charge in [-0.25, -0.2) is 8.78 Å². The summed E-state index contributed by atoms with van der Waals surface area (Å²) in [5, 5.41) is 7.78. The van der Waals surface area contributed by atoms with Gasteiger partial charge in [0.2, 0.25) is 0 Å². The van der Waals surface area contributed by atoms with Gasteiger partial charge in [-0.3, -0.25) is 0 Å². The van der Waals surface area contributed by atoms with Gasteiger partial charge in [-0.05, 0) is 0 Å². The fraction of sp³-hybridized carbons (Fsp3) is 1.00. The highest BCUT2D eigenvalue weighted by molar-refractivity contribution is 5.17. The smallest absolute Gasteiger partial charge is 0.385 e. The zero-order valence-electron chi connectivity index (χ0n) is 13.8. The van der Waals surface area contributed by atoms with Crippen molar-refractivity contribution in [2.75, 3.05) is 6.61 Å². The molecule has 0 aliphatic carbocycles. The molecule has 0 aliphatic heterocycles. The summed E-state index contributed by atoms with van der Waals surface area (Å²) in [5.74, 6) is -75.4. The summed E-state index contributed by atoms with van der Waals surface area (Å²) in [6, 6.07) is 0. The van der Waals surface area contributed by atoms with Gasteiger partial charge in [0.05, 0.1) is 0 Å². The van der Waals surface area contributed by atoms with Gasteiger partial charge in [-0.2, -0.15) is 79.0 Å². The first-order valence-electron chi connectivity index (χ1n) is 6.80. The van der Waals surface area contributed by atoms with E-state index >= 15 is 0 Å². The third kappa shape index (κ3) is 3.43. The summed E-state index contributed by atoms with van der Waals surface area (Å²) in [5.41, 5.74) is 0. The summed E-state index contributed by atoms with van der Waals surface area (Å²) in [7, 11) is 0. The molecule has 0 radical (unpaired) electrons. The average Bonchev–Trinajstić information content (AvgIpc) is 2.59. The van der Waals surface area contributed by atoms with Crippen molar-refractivity contribution in [1.82, 2.24) is 0 Å². The van der Waals surface area contributed by atoms with Crippen LogP contribution < -0.4 is 0 Å². The minimum atomic E-state index is -9.02. The second-order valence-electron chi connectivity index (χ2n) is 5.81. The molecule has 0 aromatic rings. The van der Waals surface area contributed by atoms with Crippen LogP contribution in [0.4, 0.5) is 87.8 Å². The van der Waals surface area contributed by atoms with Crippen LogP contribution in [0.1, 0.15) is 0 Å². The fourth-order valence-corrected chi connectivity index (χ4v) is 1.66. The highest BCUT2D eigenvalue weighted by Gasteiger charge is 2.96. The summed E-state index contributed by atoms with van der Waals surface area (Å²) < 4.78 is 257. The molecule has 0 unspecified atom stereocenters. The van der Waals surface area contributed by atoms with Crippen LogP contribution in [0.5, 0.6) is 0 Å². The molecule has 1 nitrogen and oxygen atoms in total. The summed E-state index contributed by atoms with van der Waals surface area (Å²) in [4.78, 5) is 0. The lowest BCUT2D eigenvalue weighted by atomic mass is 9.86. The van der Waals surface area contributed by atoms with Crippen molar-refractivity contribution in [3.8, 4) is 0 Å². The first-order valence-corrected chi connectivity index (χ1v) is 6.80. The lowest BCUT2D eigenvalue weighted by Gasteiger charge is -2.44. The number of aliphatic hydroxyl groups excluding tert-OH is 1. The molecule has 0 rings (SSSR count). The van der Waals surface area contributed by atoms with Gasteiger partial charge in [-0.1, -0.05) is 0 Å². The van der Waals surface area contributed by atoms with E-state index in [0.717, 1.165) is 0 Å². The first-order chi connectivity index (χ1) is 13.5. The van der Waals surface area contributed by atoms with Crippen molar-refractivity contribution >= 4 is 0 Å². The van der Waals surface area contributed by atoms with Crippen molar-refractivity contribution in [3.63, 3.8) is 0 Å². The highest BCUT2D eigenvalue weighted by Crippen LogP contribution is 2.65. The minimum absolute atomic E-state index is 3.58. The van der Waals surface area contributed by atoms with E-state index in [-0.39, 0.29) is 0 Å². The van der Waals surface area contributed by atoms with Gasteiger partial charge in [0.1, 0.15) is 6.61 Å². The maximum Gasteiger partial charge on any atom is 0.385 e. The number of alkyl halides is 20. The number of halogens is 20. The highest BCUT2D eigenvalue weighted by atomic mass is 19.4. The minimum Gasteiger partial charge on any atom is -0.390 e. The van der Waals surface area contributed by atoms with Crippen molar-refractivity contribution in [1.29, 1.82) is 0 Å². The van der Waals surface area contributed by atoms with Crippen molar-refractivity contribution < 1.29 is 92.9 Å². The van der Waals surface area contributed by atoms with Crippen LogP contribution in [0.15, 0.2) is 0 Å². The summed E-state index contributed by atoms with van der Waals surface area (Å²) >= 11 is 0. The van der Waals surface area contributed by atoms with E-state index < -0.39 is 66.3 Å². The molecule has 0 saturated carbocycles. The Kier molecular flexibility index (Phi) is 7.20. The Morgan fingerprint density at radius 3 is 0.844 bits per heavy atom. The molecule has 0 saturated heterocycles. The van der Waals surface area contributed by atoms with Gasteiger partial charge in [0.25, 0.3) is 0 Å². The van der Waals surface area contributed by atoms with E-state index in [1.165, 1.54) is 0 Å². The zero-order valence-corrected chi connectivity index (χ0v) is 13.8. The molecule has 0 aromatic heterocycles. The lowest BCUT2D eigenvalue weighted by Crippen LogP contribution is -2.76. The first kappa shape index (κ1) is 30.6.